The molecule has 0 spiro atoms. The van der Waals surface area contributed by atoms with Gasteiger partial charge >= 0.3 is 0 Å². The first-order valence-corrected chi connectivity index (χ1v) is 9.78. The molecule has 0 bridgehead atoms. The largest absolute Gasteiger partial charge is 0.354 e. The number of rotatable bonds is 7. The molecule has 0 unspecified atom stereocenters. The minimum atomic E-state index is 0. The summed E-state index contributed by atoms with van der Waals surface area (Å²) in [6, 6.07) is 2.10. The Bertz CT molecular complexity index is 598. The van der Waals surface area contributed by atoms with E-state index in [1.807, 2.05) is 20.3 Å². The fourth-order valence-electron chi connectivity index (χ4n) is 3.35. The third-order valence-electron chi connectivity index (χ3n) is 4.73. The van der Waals surface area contributed by atoms with Gasteiger partial charge in [-0.2, -0.15) is 0 Å². The third kappa shape index (κ3) is 7.46. The summed E-state index contributed by atoms with van der Waals surface area (Å²) >= 11 is 3.50. The van der Waals surface area contributed by atoms with Crippen LogP contribution in [-0.2, 0) is 18.4 Å². The number of guanidine groups is 1. The number of aliphatic imine (C=N–C) groups is 1. The van der Waals surface area contributed by atoms with Crippen molar-refractivity contribution >= 4 is 51.8 Å². The molecule has 1 fully saturated rings. The molecule has 1 amide bonds. The Hall–Kier alpha value is -0.770. The van der Waals surface area contributed by atoms with E-state index in [1.165, 1.54) is 31.4 Å². The van der Waals surface area contributed by atoms with Crippen LogP contribution >= 0.6 is 39.9 Å². The standard InChI is InChI=1S/C18H30BrN5O.HI/c1-20-18(24(3)13-16-11-15(19)12-23(16)2)22-9-8-21-17(25)10-14-6-4-5-7-14;/h11-12,14H,4-10,13H2,1-3H3,(H,20,22)(H,21,25);1H. The van der Waals surface area contributed by atoms with Crippen molar-refractivity contribution in [1.82, 2.24) is 20.1 Å². The van der Waals surface area contributed by atoms with Crippen LogP contribution in [0.15, 0.2) is 21.7 Å². The fraction of sp³-hybridized carbons (Fsp3) is 0.667. The molecule has 1 aromatic rings. The van der Waals surface area contributed by atoms with Crippen molar-refractivity contribution in [2.24, 2.45) is 18.0 Å². The van der Waals surface area contributed by atoms with E-state index in [1.54, 1.807) is 7.05 Å². The number of nitrogens with one attached hydrogen (secondary N) is 2. The summed E-state index contributed by atoms with van der Waals surface area (Å²) in [5.41, 5.74) is 1.20. The SMILES string of the molecule is CN=C(NCCNC(=O)CC1CCCC1)N(C)Cc1cc(Br)cn1C.I. The summed E-state index contributed by atoms with van der Waals surface area (Å²) in [5, 5.41) is 6.31. The van der Waals surface area contributed by atoms with Crippen LogP contribution in [0.4, 0.5) is 0 Å². The number of aromatic nitrogens is 1. The van der Waals surface area contributed by atoms with E-state index in [0.29, 0.717) is 25.4 Å². The van der Waals surface area contributed by atoms with Crippen molar-refractivity contribution in [3.05, 3.63) is 22.4 Å². The molecule has 0 atom stereocenters. The van der Waals surface area contributed by atoms with Gasteiger partial charge in [-0.3, -0.25) is 9.79 Å². The summed E-state index contributed by atoms with van der Waals surface area (Å²) < 4.78 is 3.17. The highest BCUT2D eigenvalue weighted by Gasteiger charge is 2.18. The van der Waals surface area contributed by atoms with Crippen LogP contribution in [0.5, 0.6) is 0 Å². The Morgan fingerprint density at radius 2 is 2.00 bits per heavy atom. The number of carbonyl (C=O) groups excluding carboxylic acids is 1. The molecular formula is C18H31BrIN5O. The predicted molar refractivity (Wildman–Crippen MR) is 121 cm³/mol. The van der Waals surface area contributed by atoms with Gasteiger partial charge in [0.1, 0.15) is 0 Å². The summed E-state index contributed by atoms with van der Waals surface area (Å²) in [7, 11) is 5.82. The first-order chi connectivity index (χ1) is 12.0. The smallest absolute Gasteiger partial charge is 0.220 e. The lowest BCUT2D eigenvalue weighted by Crippen LogP contribution is -2.42. The normalized spacial score (nSPS) is 14.8. The highest BCUT2D eigenvalue weighted by Crippen LogP contribution is 2.27. The Morgan fingerprint density at radius 3 is 2.58 bits per heavy atom. The molecule has 0 aromatic carbocycles. The molecule has 0 saturated heterocycles. The summed E-state index contributed by atoms with van der Waals surface area (Å²) in [4.78, 5) is 18.3. The highest BCUT2D eigenvalue weighted by molar-refractivity contribution is 14.0. The van der Waals surface area contributed by atoms with Gasteiger partial charge in [0.05, 0.1) is 6.54 Å². The van der Waals surface area contributed by atoms with Crippen molar-refractivity contribution in [3.8, 4) is 0 Å². The first-order valence-electron chi connectivity index (χ1n) is 8.98. The molecule has 1 heterocycles. The number of amides is 1. The average molecular weight is 540 g/mol. The quantitative estimate of drug-likeness (QED) is 0.242. The Labute approximate surface area is 182 Å². The van der Waals surface area contributed by atoms with Gasteiger partial charge in [0.25, 0.3) is 0 Å². The van der Waals surface area contributed by atoms with Crippen LogP contribution in [0, 0.1) is 5.92 Å². The van der Waals surface area contributed by atoms with Crippen LogP contribution in [0.25, 0.3) is 0 Å². The number of hydrogen-bond donors (Lipinski definition) is 2. The van der Waals surface area contributed by atoms with E-state index in [4.69, 9.17) is 0 Å². The molecule has 148 valence electrons. The van der Waals surface area contributed by atoms with Gasteiger partial charge in [0.15, 0.2) is 5.96 Å². The number of hydrogen-bond acceptors (Lipinski definition) is 2. The van der Waals surface area contributed by atoms with Crippen molar-refractivity contribution in [2.75, 3.05) is 27.2 Å². The number of aryl methyl sites for hydroxylation is 1. The van der Waals surface area contributed by atoms with Gasteiger partial charge in [-0.15, -0.1) is 24.0 Å². The number of carbonyl (C=O) groups is 1. The van der Waals surface area contributed by atoms with Crippen LogP contribution in [0.2, 0.25) is 0 Å². The van der Waals surface area contributed by atoms with E-state index < -0.39 is 0 Å². The molecule has 1 aliphatic rings. The maximum absolute atomic E-state index is 11.9. The molecule has 6 nitrogen and oxygen atoms in total. The van der Waals surface area contributed by atoms with Gasteiger partial charge in [-0.1, -0.05) is 12.8 Å². The van der Waals surface area contributed by atoms with Crippen molar-refractivity contribution in [1.29, 1.82) is 0 Å². The minimum absolute atomic E-state index is 0. The molecule has 8 heteroatoms. The summed E-state index contributed by atoms with van der Waals surface area (Å²) in [6.07, 6.45) is 7.69. The number of nitrogens with zero attached hydrogens (tertiary/aromatic N) is 3. The summed E-state index contributed by atoms with van der Waals surface area (Å²) in [6.45, 7) is 2.05. The molecule has 1 aliphatic carbocycles. The molecule has 2 rings (SSSR count). The van der Waals surface area contributed by atoms with Gasteiger partial charge in [-0.05, 0) is 40.8 Å². The van der Waals surface area contributed by atoms with E-state index >= 15 is 0 Å². The van der Waals surface area contributed by atoms with E-state index in [9.17, 15) is 4.79 Å². The summed E-state index contributed by atoms with van der Waals surface area (Å²) in [5.74, 6) is 1.59. The lowest BCUT2D eigenvalue weighted by atomic mass is 10.0. The fourth-order valence-corrected chi connectivity index (χ4v) is 3.92. The zero-order chi connectivity index (χ0) is 18.2. The lowest BCUT2D eigenvalue weighted by Gasteiger charge is -2.22. The third-order valence-corrected chi connectivity index (χ3v) is 5.16. The second-order valence-electron chi connectivity index (χ2n) is 6.80. The molecule has 0 radical (unpaired) electrons. The Morgan fingerprint density at radius 1 is 1.35 bits per heavy atom. The molecule has 0 aliphatic heterocycles. The topological polar surface area (TPSA) is 61.7 Å². The molecular weight excluding hydrogens is 509 g/mol. The Balaban J connectivity index is 0.00000338. The maximum atomic E-state index is 11.9. The zero-order valence-corrected chi connectivity index (χ0v) is 19.8. The van der Waals surface area contributed by atoms with Crippen molar-refractivity contribution < 1.29 is 4.79 Å². The lowest BCUT2D eigenvalue weighted by molar-refractivity contribution is -0.121. The van der Waals surface area contributed by atoms with E-state index in [-0.39, 0.29) is 29.9 Å². The molecule has 2 N–H and O–H groups in total. The van der Waals surface area contributed by atoms with Crippen LogP contribution in [-0.4, -0.2) is 48.5 Å². The number of halogens is 2. The first kappa shape index (κ1) is 23.3. The van der Waals surface area contributed by atoms with Crippen molar-refractivity contribution in [3.63, 3.8) is 0 Å². The van der Waals surface area contributed by atoms with E-state index in [0.717, 1.165) is 17.0 Å². The van der Waals surface area contributed by atoms with Crippen molar-refractivity contribution in [2.45, 2.75) is 38.6 Å². The minimum Gasteiger partial charge on any atom is -0.354 e. The Kier molecular flexibility index (Phi) is 10.6. The average Bonchev–Trinajstić information content (AvgIpc) is 3.17. The zero-order valence-electron chi connectivity index (χ0n) is 15.9. The molecule has 1 aromatic heterocycles. The van der Waals surface area contributed by atoms with Crippen LogP contribution in [0.1, 0.15) is 37.8 Å². The van der Waals surface area contributed by atoms with Crippen LogP contribution in [0.3, 0.4) is 0 Å². The molecule has 1 saturated carbocycles. The highest BCUT2D eigenvalue weighted by atomic mass is 127. The van der Waals surface area contributed by atoms with E-state index in [2.05, 4.69) is 47.1 Å². The second kappa shape index (κ2) is 11.8. The van der Waals surface area contributed by atoms with Gasteiger partial charge in [0.2, 0.25) is 5.91 Å². The van der Waals surface area contributed by atoms with Gasteiger partial charge in [-0.25, -0.2) is 0 Å². The molecule has 26 heavy (non-hydrogen) atoms. The van der Waals surface area contributed by atoms with Gasteiger partial charge in [0, 0.05) is 57.0 Å². The van der Waals surface area contributed by atoms with Crippen LogP contribution < -0.4 is 10.6 Å². The maximum Gasteiger partial charge on any atom is 0.220 e. The predicted octanol–water partition coefficient (Wildman–Crippen LogP) is 3.11. The monoisotopic (exact) mass is 539 g/mol. The van der Waals surface area contributed by atoms with Gasteiger partial charge < -0.3 is 20.1 Å². The second-order valence-corrected chi connectivity index (χ2v) is 7.71.